The van der Waals surface area contributed by atoms with Gasteiger partial charge < -0.3 is 15.0 Å². The number of aromatic nitrogens is 2. The second-order valence-electron chi connectivity index (χ2n) is 6.57. The van der Waals surface area contributed by atoms with Gasteiger partial charge >= 0.3 is 0 Å². The topological polar surface area (TPSA) is 76.5 Å². The average molecular weight is 455 g/mol. The lowest BCUT2D eigenvalue weighted by Crippen LogP contribution is -2.40. The maximum Gasteiger partial charge on any atom is 0.265 e. The number of amides is 2. The number of hydrogen-bond acceptors (Lipinski definition) is 4. The Morgan fingerprint density at radius 2 is 1.93 bits per heavy atom. The smallest absolute Gasteiger partial charge is 0.265 e. The summed E-state index contributed by atoms with van der Waals surface area (Å²) >= 11 is 3.53. The molecule has 3 aromatic rings. The second-order valence-corrected chi connectivity index (χ2v) is 7.42. The summed E-state index contributed by atoms with van der Waals surface area (Å²) in [5.41, 5.74) is 1.75. The number of ether oxygens (including phenoxy) is 1. The minimum absolute atomic E-state index is 0.0165. The summed E-state index contributed by atoms with van der Waals surface area (Å²) in [6.07, 6.45) is 1.81. The van der Waals surface area contributed by atoms with Gasteiger partial charge in [-0.2, -0.15) is 5.10 Å². The number of carbonyl (C=O) groups excluding carboxylic acids is 2. The van der Waals surface area contributed by atoms with Crippen LogP contribution in [-0.4, -0.2) is 34.7 Å². The Hall–Kier alpha value is -3.13. The van der Waals surface area contributed by atoms with Crippen molar-refractivity contribution in [1.82, 2.24) is 9.78 Å². The third kappa shape index (κ3) is 4.32. The number of benzene rings is 2. The molecule has 0 atom stereocenters. The maximum atomic E-state index is 12.5. The first-order chi connectivity index (χ1) is 14.1. The molecule has 29 heavy (non-hydrogen) atoms. The molecule has 7 nitrogen and oxygen atoms in total. The van der Waals surface area contributed by atoms with Crippen LogP contribution in [0, 0.1) is 0 Å². The fourth-order valence-corrected chi connectivity index (χ4v) is 3.58. The Kier molecular flexibility index (Phi) is 5.62. The van der Waals surface area contributed by atoms with E-state index >= 15 is 0 Å². The molecule has 2 heterocycles. The Balaban J connectivity index is 1.40. The van der Waals surface area contributed by atoms with Crippen molar-refractivity contribution in [2.75, 3.05) is 23.4 Å². The van der Waals surface area contributed by atoms with Gasteiger partial charge in [-0.1, -0.05) is 46.3 Å². The number of anilines is 2. The van der Waals surface area contributed by atoms with Crippen LogP contribution in [0.1, 0.15) is 12.0 Å². The Labute approximate surface area is 176 Å². The number of hydrogen-bond donors (Lipinski definition) is 1. The van der Waals surface area contributed by atoms with Crippen LogP contribution in [0.15, 0.2) is 65.3 Å². The number of para-hydroxylation sites is 2. The molecule has 0 bridgehead atoms. The van der Waals surface area contributed by atoms with Gasteiger partial charge in [-0.3, -0.25) is 9.59 Å². The molecule has 0 saturated heterocycles. The lowest BCUT2D eigenvalue weighted by atomic mass is 10.2. The van der Waals surface area contributed by atoms with Crippen molar-refractivity contribution < 1.29 is 14.3 Å². The van der Waals surface area contributed by atoms with E-state index in [1.807, 2.05) is 48.5 Å². The first-order valence-electron chi connectivity index (χ1n) is 9.19. The number of carbonyl (C=O) groups is 2. The summed E-state index contributed by atoms with van der Waals surface area (Å²) in [7, 11) is 0. The molecule has 0 saturated carbocycles. The van der Waals surface area contributed by atoms with Crippen LogP contribution >= 0.6 is 15.9 Å². The molecule has 0 spiro atoms. The van der Waals surface area contributed by atoms with Gasteiger partial charge in [0, 0.05) is 23.5 Å². The standard InChI is InChI=1S/C21H19BrN4O3/c22-16-6-2-1-5-15(16)13-26-19(9-11-23-26)24-20(27)10-12-25-17-7-3-4-8-18(17)29-14-21(25)28/h1-9,11H,10,12-14H2,(H,24,27). The van der Waals surface area contributed by atoms with Gasteiger partial charge in [-0.15, -0.1) is 0 Å². The minimum Gasteiger partial charge on any atom is -0.482 e. The molecule has 8 heteroatoms. The van der Waals surface area contributed by atoms with E-state index in [1.165, 1.54) is 0 Å². The summed E-state index contributed by atoms with van der Waals surface area (Å²) in [6.45, 7) is 0.792. The van der Waals surface area contributed by atoms with Gasteiger partial charge in [0.15, 0.2) is 6.61 Å². The number of nitrogens with zero attached hydrogens (tertiary/aromatic N) is 3. The highest BCUT2D eigenvalue weighted by atomic mass is 79.9. The van der Waals surface area contributed by atoms with Gasteiger partial charge in [-0.25, -0.2) is 4.68 Å². The summed E-state index contributed by atoms with van der Waals surface area (Å²) in [4.78, 5) is 26.3. The zero-order chi connectivity index (χ0) is 20.2. The van der Waals surface area contributed by atoms with Gasteiger partial charge in [0.2, 0.25) is 5.91 Å². The van der Waals surface area contributed by atoms with Crippen LogP contribution in [0.4, 0.5) is 11.5 Å². The molecule has 1 N–H and O–H groups in total. The highest BCUT2D eigenvalue weighted by molar-refractivity contribution is 9.10. The monoisotopic (exact) mass is 454 g/mol. The minimum atomic E-state index is -0.185. The zero-order valence-electron chi connectivity index (χ0n) is 15.5. The van der Waals surface area contributed by atoms with Gasteiger partial charge in [-0.05, 0) is 23.8 Å². The van der Waals surface area contributed by atoms with Crippen molar-refractivity contribution in [2.24, 2.45) is 0 Å². The van der Waals surface area contributed by atoms with E-state index in [0.717, 1.165) is 10.0 Å². The van der Waals surface area contributed by atoms with Crippen LogP contribution in [0.25, 0.3) is 0 Å². The quantitative estimate of drug-likeness (QED) is 0.618. The molecule has 2 aromatic carbocycles. The molecule has 1 aromatic heterocycles. The van der Waals surface area contributed by atoms with E-state index in [1.54, 1.807) is 21.8 Å². The molecule has 4 rings (SSSR count). The third-order valence-corrected chi connectivity index (χ3v) is 5.41. The molecule has 0 fully saturated rings. The Morgan fingerprint density at radius 3 is 2.79 bits per heavy atom. The second kappa shape index (κ2) is 8.48. The first kappa shape index (κ1) is 19.2. The lowest BCUT2D eigenvalue weighted by molar-refractivity contribution is -0.121. The summed E-state index contributed by atoms with van der Waals surface area (Å²) < 4.78 is 8.15. The van der Waals surface area contributed by atoms with E-state index in [-0.39, 0.29) is 31.4 Å². The predicted octanol–water partition coefficient (Wildman–Crippen LogP) is 3.45. The summed E-state index contributed by atoms with van der Waals surface area (Å²) in [5, 5.41) is 7.18. The zero-order valence-corrected chi connectivity index (χ0v) is 17.1. The van der Waals surface area contributed by atoms with Crippen molar-refractivity contribution in [3.8, 4) is 5.75 Å². The Morgan fingerprint density at radius 1 is 1.14 bits per heavy atom. The number of fused-ring (bicyclic) bond motifs is 1. The molecule has 0 unspecified atom stereocenters. The first-order valence-corrected chi connectivity index (χ1v) is 9.98. The third-order valence-electron chi connectivity index (χ3n) is 4.63. The van der Waals surface area contributed by atoms with Gasteiger partial charge in [0.05, 0.1) is 18.4 Å². The van der Waals surface area contributed by atoms with E-state index in [0.29, 0.717) is 23.8 Å². The number of rotatable bonds is 6. The van der Waals surface area contributed by atoms with E-state index in [4.69, 9.17) is 4.74 Å². The van der Waals surface area contributed by atoms with Crippen LogP contribution in [-0.2, 0) is 16.1 Å². The van der Waals surface area contributed by atoms with Crippen LogP contribution in [0.5, 0.6) is 5.75 Å². The van der Waals surface area contributed by atoms with Crippen LogP contribution in [0.2, 0.25) is 0 Å². The molecule has 148 valence electrons. The van der Waals surface area contributed by atoms with Crippen LogP contribution in [0.3, 0.4) is 0 Å². The molecular formula is C21H19BrN4O3. The fraction of sp³-hybridized carbons (Fsp3) is 0.190. The Bertz CT molecular complexity index is 1050. The highest BCUT2D eigenvalue weighted by Crippen LogP contribution is 2.31. The summed E-state index contributed by atoms with van der Waals surface area (Å²) in [6, 6.07) is 17.0. The van der Waals surface area contributed by atoms with Crippen molar-refractivity contribution in [2.45, 2.75) is 13.0 Å². The number of nitrogens with one attached hydrogen (secondary N) is 1. The van der Waals surface area contributed by atoms with Gasteiger partial charge in [0.25, 0.3) is 5.91 Å². The van der Waals surface area contributed by atoms with E-state index in [2.05, 4.69) is 26.3 Å². The molecule has 2 amide bonds. The largest absolute Gasteiger partial charge is 0.482 e. The predicted molar refractivity (Wildman–Crippen MR) is 113 cm³/mol. The van der Waals surface area contributed by atoms with Crippen molar-refractivity contribution >= 4 is 39.2 Å². The molecule has 1 aliphatic rings. The SMILES string of the molecule is O=C(CCN1C(=O)COc2ccccc21)Nc1ccnn1Cc1ccccc1Br. The fourth-order valence-electron chi connectivity index (χ4n) is 3.17. The van der Waals surface area contributed by atoms with E-state index in [9.17, 15) is 9.59 Å². The van der Waals surface area contributed by atoms with E-state index < -0.39 is 0 Å². The van der Waals surface area contributed by atoms with Crippen molar-refractivity contribution in [3.05, 3.63) is 70.8 Å². The van der Waals surface area contributed by atoms with Crippen LogP contribution < -0.4 is 15.0 Å². The number of halogens is 1. The van der Waals surface area contributed by atoms with Gasteiger partial charge in [0.1, 0.15) is 11.6 Å². The average Bonchev–Trinajstić information content (AvgIpc) is 3.15. The van der Waals surface area contributed by atoms with Crippen molar-refractivity contribution in [1.29, 1.82) is 0 Å². The molecule has 0 radical (unpaired) electrons. The molecule has 0 aliphatic carbocycles. The van der Waals surface area contributed by atoms with Crippen molar-refractivity contribution in [3.63, 3.8) is 0 Å². The molecule has 1 aliphatic heterocycles. The normalized spacial score (nSPS) is 13.0. The highest BCUT2D eigenvalue weighted by Gasteiger charge is 2.25. The summed E-state index contributed by atoms with van der Waals surface area (Å²) in [5.74, 6) is 0.921. The lowest BCUT2D eigenvalue weighted by Gasteiger charge is -2.29. The molecular weight excluding hydrogens is 436 g/mol. The maximum absolute atomic E-state index is 12.5.